The quantitative estimate of drug-likeness (QED) is 0.649. The lowest BCUT2D eigenvalue weighted by molar-refractivity contribution is 0.829. The molecular formula is C7H9N3S. The van der Waals surface area contributed by atoms with Gasteiger partial charge in [-0.15, -0.1) is 0 Å². The largest absolute Gasteiger partial charge is 0.222 e. The molecule has 0 bridgehead atoms. The Balaban J connectivity index is 2.58. The van der Waals surface area contributed by atoms with E-state index < -0.39 is 0 Å². The fourth-order valence-corrected chi connectivity index (χ4v) is 1.54. The molecule has 0 N–H and O–H groups in total. The van der Waals surface area contributed by atoms with Crippen molar-refractivity contribution in [3.8, 4) is 0 Å². The van der Waals surface area contributed by atoms with Crippen LogP contribution in [0.4, 0.5) is 0 Å². The molecule has 2 heterocycles. The van der Waals surface area contributed by atoms with Gasteiger partial charge < -0.3 is 0 Å². The maximum atomic E-state index is 4.39. The summed E-state index contributed by atoms with van der Waals surface area (Å²) in [6.07, 6.45) is 1.98. The van der Waals surface area contributed by atoms with E-state index in [4.69, 9.17) is 0 Å². The summed E-state index contributed by atoms with van der Waals surface area (Å²) in [4.78, 5) is 5.37. The predicted molar refractivity (Wildman–Crippen MR) is 45.0 cm³/mol. The number of rotatable bonds is 1. The van der Waals surface area contributed by atoms with E-state index in [0.717, 1.165) is 10.7 Å². The highest BCUT2D eigenvalue weighted by Gasteiger charge is 2.05. The van der Waals surface area contributed by atoms with Gasteiger partial charge in [0.2, 0.25) is 4.96 Å². The predicted octanol–water partition coefficient (Wildman–Crippen LogP) is 1.91. The van der Waals surface area contributed by atoms with Crippen LogP contribution in [0.15, 0.2) is 11.7 Å². The van der Waals surface area contributed by atoms with Gasteiger partial charge in [0.25, 0.3) is 0 Å². The summed E-state index contributed by atoms with van der Waals surface area (Å²) >= 11 is 1.57. The summed E-state index contributed by atoms with van der Waals surface area (Å²) in [6, 6.07) is 0. The zero-order valence-electron chi connectivity index (χ0n) is 6.48. The van der Waals surface area contributed by atoms with E-state index in [1.165, 1.54) is 0 Å². The maximum absolute atomic E-state index is 4.39. The highest BCUT2D eigenvalue weighted by molar-refractivity contribution is 7.14. The highest BCUT2D eigenvalue weighted by atomic mass is 32.1. The lowest BCUT2D eigenvalue weighted by atomic mass is 10.2. The molecule has 0 aliphatic heterocycles. The first-order chi connectivity index (χ1) is 5.27. The molecular weight excluding hydrogens is 158 g/mol. The van der Waals surface area contributed by atoms with Crippen molar-refractivity contribution in [2.75, 3.05) is 0 Å². The molecule has 0 atom stereocenters. The monoisotopic (exact) mass is 167 g/mol. The Kier molecular flexibility index (Phi) is 1.42. The van der Waals surface area contributed by atoms with Gasteiger partial charge in [0.05, 0.1) is 11.9 Å². The second-order valence-corrected chi connectivity index (χ2v) is 3.60. The third-order valence-electron chi connectivity index (χ3n) is 1.60. The van der Waals surface area contributed by atoms with Crippen LogP contribution in [0.5, 0.6) is 0 Å². The molecule has 0 unspecified atom stereocenters. The number of aromatic nitrogens is 3. The van der Waals surface area contributed by atoms with E-state index in [2.05, 4.69) is 23.9 Å². The van der Waals surface area contributed by atoms with Gasteiger partial charge in [0.1, 0.15) is 5.51 Å². The maximum Gasteiger partial charge on any atom is 0.212 e. The van der Waals surface area contributed by atoms with Gasteiger partial charge in [-0.3, -0.25) is 0 Å². The smallest absolute Gasteiger partial charge is 0.212 e. The van der Waals surface area contributed by atoms with Gasteiger partial charge in [-0.1, -0.05) is 25.2 Å². The van der Waals surface area contributed by atoms with E-state index in [1.807, 2.05) is 10.7 Å². The highest BCUT2D eigenvalue weighted by Crippen LogP contribution is 2.15. The molecule has 2 aromatic rings. The molecule has 4 heteroatoms. The molecule has 0 saturated heterocycles. The minimum Gasteiger partial charge on any atom is -0.222 e. The van der Waals surface area contributed by atoms with Crippen LogP contribution in [0.3, 0.4) is 0 Å². The van der Waals surface area contributed by atoms with E-state index in [0.29, 0.717) is 5.92 Å². The van der Waals surface area contributed by atoms with Crippen LogP contribution in [0.2, 0.25) is 0 Å². The van der Waals surface area contributed by atoms with Crippen molar-refractivity contribution in [1.29, 1.82) is 0 Å². The topological polar surface area (TPSA) is 30.2 Å². The van der Waals surface area contributed by atoms with Gasteiger partial charge >= 0.3 is 0 Å². The average molecular weight is 167 g/mol. The fourth-order valence-electron chi connectivity index (χ4n) is 0.934. The van der Waals surface area contributed by atoms with Crippen molar-refractivity contribution in [3.05, 3.63) is 17.4 Å². The molecule has 0 spiro atoms. The van der Waals surface area contributed by atoms with Crippen LogP contribution < -0.4 is 0 Å². The summed E-state index contributed by atoms with van der Waals surface area (Å²) in [7, 11) is 0. The van der Waals surface area contributed by atoms with E-state index in [-0.39, 0.29) is 0 Å². The van der Waals surface area contributed by atoms with Crippen molar-refractivity contribution < 1.29 is 0 Å². The Morgan fingerprint density at radius 1 is 1.55 bits per heavy atom. The van der Waals surface area contributed by atoms with E-state index >= 15 is 0 Å². The van der Waals surface area contributed by atoms with Crippen LogP contribution >= 0.6 is 11.3 Å². The molecule has 0 amide bonds. The number of nitrogens with zero attached hydrogens (tertiary/aromatic N) is 3. The summed E-state index contributed by atoms with van der Waals surface area (Å²) < 4.78 is 1.82. The van der Waals surface area contributed by atoms with Crippen molar-refractivity contribution in [3.63, 3.8) is 0 Å². The van der Waals surface area contributed by atoms with Crippen LogP contribution in [-0.4, -0.2) is 14.6 Å². The second-order valence-electron chi connectivity index (χ2n) is 2.79. The van der Waals surface area contributed by atoms with Crippen LogP contribution in [0, 0.1) is 0 Å². The van der Waals surface area contributed by atoms with Crippen molar-refractivity contribution >= 4 is 16.3 Å². The fraction of sp³-hybridized carbons (Fsp3) is 0.429. The van der Waals surface area contributed by atoms with Crippen molar-refractivity contribution in [2.24, 2.45) is 0 Å². The van der Waals surface area contributed by atoms with Gasteiger partial charge in [0.15, 0.2) is 0 Å². The third-order valence-corrected chi connectivity index (χ3v) is 2.29. The Morgan fingerprint density at radius 3 is 3.00 bits per heavy atom. The Morgan fingerprint density at radius 2 is 2.36 bits per heavy atom. The van der Waals surface area contributed by atoms with Gasteiger partial charge in [-0.05, 0) is 5.92 Å². The van der Waals surface area contributed by atoms with Crippen molar-refractivity contribution in [1.82, 2.24) is 14.6 Å². The normalized spacial score (nSPS) is 11.5. The summed E-state index contributed by atoms with van der Waals surface area (Å²) in [6.45, 7) is 4.26. The molecule has 11 heavy (non-hydrogen) atoms. The third kappa shape index (κ3) is 1.03. The first-order valence-electron chi connectivity index (χ1n) is 3.56. The first-order valence-corrected chi connectivity index (χ1v) is 4.44. The first kappa shape index (κ1) is 6.79. The molecule has 0 saturated carbocycles. The number of hydrogen-bond donors (Lipinski definition) is 0. The lowest BCUT2D eigenvalue weighted by Crippen LogP contribution is -1.85. The molecule has 0 fully saturated rings. The standard InChI is InChI=1S/C7H9N3S/c1-5(2)6-3-10-7(9-6)11-4-8-10/h3-5H,1-2H3. The molecule has 0 aliphatic rings. The van der Waals surface area contributed by atoms with E-state index in [9.17, 15) is 0 Å². The summed E-state index contributed by atoms with van der Waals surface area (Å²) in [5.41, 5.74) is 2.91. The van der Waals surface area contributed by atoms with Crippen LogP contribution in [0.25, 0.3) is 4.96 Å². The molecule has 0 aromatic carbocycles. The van der Waals surface area contributed by atoms with Gasteiger partial charge in [0, 0.05) is 0 Å². The molecule has 2 rings (SSSR count). The summed E-state index contributed by atoms with van der Waals surface area (Å²) in [5, 5.41) is 4.09. The lowest BCUT2D eigenvalue weighted by Gasteiger charge is -1.94. The Hall–Kier alpha value is -0.900. The molecule has 0 radical (unpaired) electrons. The van der Waals surface area contributed by atoms with Crippen molar-refractivity contribution in [2.45, 2.75) is 19.8 Å². The minimum atomic E-state index is 0.490. The number of hydrogen-bond acceptors (Lipinski definition) is 3. The minimum absolute atomic E-state index is 0.490. The van der Waals surface area contributed by atoms with Gasteiger partial charge in [-0.25, -0.2) is 9.50 Å². The molecule has 3 nitrogen and oxygen atoms in total. The Bertz CT molecular complexity index is 332. The van der Waals surface area contributed by atoms with Crippen LogP contribution in [-0.2, 0) is 0 Å². The average Bonchev–Trinajstić information content (AvgIpc) is 2.40. The zero-order valence-corrected chi connectivity index (χ0v) is 7.30. The zero-order chi connectivity index (χ0) is 7.84. The second kappa shape index (κ2) is 2.30. The summed E-state index contributed by atoms with van der Waals surface area (Å²) in [5.74, 6) is 0.490. The SMILES string of the molecule is CC(C)c1cn2ncsc2n1. The Labute approximate surface area is 68.7 Å². The van der Waals surface area contributed by atoms with E-state index in [1.54, 1.807) is 16.8 Å². The molecule has 0 aliphatic carbocycles. The van der Waals surface area contributed by atoms with Crippen LogP contribution in [0.1, 0.15) is 25.5 Å². The molecule has 2 aromatic heterocycles. The number of imidazole rings is 1. The molecule has 58 valence electrons. The van der Waals surface area contributed by atoms with Gasteiger partial charge in [-0.2, -0.15) is 5.10 Å². The number of fused-ring (bicyclic) bond motifs is 1.